The number of hydrogen-bond acceptors (Lipinski definition) is 5. The van der Waals surface area contributed by atoms with Crippen LogP contribution < -0.4 is 15.5 Å². The van der Waals surface area contributed by atoms with Crippen molar-refractivity contribution < 1.29 is 14.4 Å². The van der Waals surface area contributed by atoms with Crippen molar-refractivity contribution in [1.29, 1.82) is 0 Å². The van der Waals surface area contributed by atoms with E-state index in [1.165, 1.54) is 9.78 Å². The summed E-state index contributed by atoms with van der Waals surface area (Å²) in [4.78, 5) is 43.4. The fourth-order valence-corrected chi connectivity index (χ4v) is 7.80. The van der Waals surface area contributed by atoms with Gasteiger partial charge in [-0.25, -0.2) is 0 Å². The van der Waals surface area contributed by atoms with Crippen LogP contribution in [0.1, 0.15) is 67.3 Å². The topological polar surface area (TPSA) is 83.4 Å². The number of aryl methyl sites for hydroxylation is 4. The molecule has 2 aromatic heterocycles. The highest BCUT2D eigenvalue weighted by molar-refractivity contribution is 7.80. The van der Waals surface area contributed by atoms with Gasteiger partial charge in [0.15, 0.2) is 5.11 Å². The van der Waals surface area contributed by atoms with Crippen molar-refractivity contribution in [3.63, 3.8) is 0 Å². The van der Waals surface area contributed by atoms with Crippen LogP contribution in [0, 0.1) is 34.6 Å². The van der Waals surface area contributed by atoms with E-state index in [1.54, 1.807) is 17.4 Å². The molecule has 3 heterocycles. The van der Waals surface area contributed by atoms with Crippen molar-refractivity contribution in [2.75, 3.05) is 10.2 Å². The second-order valence-electron chi connectivity index (χ2n) is 11.5. The summed E-state index contributed by atoms with van der Waals surface area (Å²) >= 11 is 7.09. The van der Waals surface area contributed by atoms with E-state index in [0.717, 1.165) is 75.6 Å². The molecule has 9 heteroatoms. The fraction of sp³-hybridized carbons (Fsp3) is 0.257. The molecular weight excluding hydrogens is 589 g/mol. The predicted molar refractivity (Wildman–Crippen MR) is 181 cm³/mol. The molecule has 224 valence electrons. The smallest absolute Gasteiger partial charge is 0.270 e. The van der Waals surface area contributed by atoms with E-state index in [9.17, 15) is 14.4 Å². The van der Waals surface area contributed by atoms with Crippen molar-refractivity contribution in [2.24, 2.45) is 0 Å². The summed E-state index contributed by atoms with van der Waals surface area (Å²) in [6.07, 6.45) is 5.59. The predicted octanol–water partition coefficient (Wildman–Crippen LogP) is 7.04. The summed E-state index contributed by atoms with van der Waals surface area (Å²) in [5.41, 5.74) is 8.74. The lowest BCUT2D eigenvalue weighted by Crippen LogP contribution is -2.54. The Labute approximate surface area is 266 Å². The number of nitrogens with one attached hydrogen (secondary N) is 2. The van der Waals surface area contributed by atoms with Gasteiger partial charge in [0.25, 0.3) is 17.7 Å². The van der Waals surface area contributed by atoms with Gasteiger partial charge >= 0.3 is 0 Å². The molecule has 2 aliphatic rings. The number of carbonyl (C=O) groups excluding carboxylic acids is 3. The number of thiophene rings is 1. The molecule has 7 nitrogen and oxygen atoms in total. The monoisotopic (exact) mass is 622 g/mol. The highest BCUT2D eigenvalue weighted by atomic mass is 32.1. The summed E-state index contributed by atoms with van der Waals surface area (Å²) in [6.45, 7) is 9.86. The molecule has 0 saturated carbocycles. The first-order valence-corrected chi connectivity index (χ1v) is 16.0. The average Bonchev–Trinajstić information content (AvgIpc) is 3.50. The minimum atomic E-state index is -0.531. The number of fused-ring (bicyclic) bond motifs is 1. The highest BCUT2D eigenvalue weighted by Crippen LogP contribution is 2.39. The first kappa shape index (κ1) is 29.7. The molecule has 4 aromatic rings. The zero-order valence-corrected chi connectivity index (χ0v) is 27.1. The van der Waals surface area contributed by atoms with Crippen molar-refractivity contribution >= 4 is 63.8 Å². The normalized spacial score (nSPS) is 15.9. The SMILES string of the molecule is Cc1ccc(NC(=O)c2c(-n3c(C)cc(/C=C4\C(=O)NC(=S)N(c5cccc(C)c5C)C4=O)c3C)sc3c2CCCC3)cc1. The van der Waals surface area contributed by atoms with Gasteiger partial charge < -0.3 is 9.88 Å². The molecule has 0 radical (unpaired) electrons. The van der Waals surface area contributed by atoms with E-state index in [1.807, 2.05) is 83.1 Å². The van der Waals surface area contributed by atoms with Gasteiger partial charge in [-0.3, -0.25) is 24.6 Å². The number of aromatic nitrogens is 1. The second-order valence-corrected chi connectivity index (χ2v) is 13.0. The molecule has 1 saturated heterocycles. The molecule has 1 fully saturated rings. The lowest BCUT2D eigenvalue weighted by molar-refractivity contribution is -0.122. The van der Waals surface area contributed by atoms with E-state index >= 15 is 0 Å². The van der Waals surface area contributed by atoms with E-state index < -0.39 is 11.8 Å². The number of hydrogen-bond donors (Lipinski definition) is 2. The summed E-state index contributed by atoms with van der Waals surface area (Å²) in [6, 6.07) is 15.4. The fourth-order valence-electron chi connectivity index (χ4n) is 6.03. The number of thiocarbonyl (C=S) groups is 1. The minimum absolute atomic E-state index is 0.00238. The zero-order valence-electron chi connectivity index (χ0n) is 25.5. The lowest BCUT2D eigenvalue weighted by atomic mass is 9.95. The third-order valence-corrected chi connectivity index (χ3v) is 10.1. The Balaban J connectivity index is 1.42. The Kier molecular flexibility index (Phi) is 7.86. The van der Waals surface area contributed by atoms with Crippen LogP contribution in [0.25, 0.3) is 11.1 Å². The van der Waals surface area contributed by atoms with E-state index in [-0.39, 0.29) is 16.6 Å². The maximum atomic E-state index is 13.9. The maximum absolute atomic E-state index is 13.9. The molecule has 2 aromatic carbocycles. The highest BCUT2D eigenvalue weighted by Gasteiger charge is 2.36. The minimum Gasteiger partial charge on any atom is -0.322 e. The van der Waals surface area contributed by atoms with Crippen LogP contribution in [0.4, 0.5) is 11.4 Å². The standard InChI is InChI=1S/C35H34N4O3S2/c1-19-13-15-25(16-14-19)36-32(41)30-26-10-6-7-12-29(26)44-34(30)38-21(3)17-24(23(38)5)18-27-31(40)37-35(43)39(33(27)42)28-11-8-9-20(2)22(28)4/h8-9,11,13-18H,6-7,10,12H2,1-5H3,(H,36,41)(H,37,40,43)/b27-18+. The number of benzene rings is 2. The quantitative estimate of drug-likeness (QED) is 0.142. The largest absolute Gasteiger partial charge is 0.322 e. The van der Waals surface area contributed by atoms with E-state index in [0.29, 0.717) is 11.3 Å². The van der Waals surface area contributed by atoms with E-state index in [2.05, 4.69) is 15.2 Å². The van der Waals surface area contributed by atoms with Crippen molar-refractivity contribution in [3.05, 3.63) is 104 Å². The lowest BCUT2D eigenvalue weighted by Gasteiger charge is -2.30. The molecule has 44 heavy (non-hydrogen) atoms. The van der Waals surface area contributed by atoms with Crippen LogP contribution in [0.3, 0.4) is 0 Å². The van der Waals surface area contributed by atoms with Crippen LogP contribution >= 0.6 is 23.6 Å². The summed E-state index contributed by atoms with van der Waals surface area (Å²) < 4.78 is 2.08. The number of anilines is 2. The first-order valence-electron chi connectivity index (χ1n) is 14.7. The molecule has 0 atom stereocenters. The molecule has 2 N–H and O–H groups in total. The van der Waals surface area contributed by atoms with Gasteiger partial charge in [-0.1, -0.05) is 29.8 Å². The van der Waals surface area contributed by atoms with Gasteiger partial charge in [-0.15, -0.1) is 11.3 Å². The van der Waals surface area contributed by atoms with Crippen LogP contribution in [-0.2, 0) is 22.4 Å². The third-order valence-electron chi connectivity index (χ3n) is 8.58. The molecule has 0 unspecified atom stereocenters. The molecule has 1 aliphatic carbocycles. The molecule has 1 aliphatic heterocycles. The maximum Gasteiger partial charge on any atom is 0.270 e. The van der Waals surface area contributed by atoms with Gasteiger partial charge in [0.2, 0.25) is 0 Å². The molecule has 0 bridgehead atoms. The van der Waals surface area contributed by atoms with Gasteiger partial charge in [-0.05, 0) is 125 Å². The number of rotatable bonds is 5. The zero-order chi connectivity index (χ0) is 31.3. The van der Waals surface area contributed by atoms with Crippen molar-refractivity contribution in [2.45, 2.75) is 60.3 Å². The van der Waals surface area contributed by atoms with Gasteiger partial charge in [-0.2, -0.15) is 0 Å². The summed E-state index contributed by atoms with van der Waals surface area (Å²) in [5.74, 6) is -1.13. The molecule has 3 amide bonds. The Morgan fingerprint density at radius 2 is 1.73 bits per heavy atom. The molecular formula is C35H34N4O3S2. The number of nitrogens with zero attached hydrogens (tertiary/aromatic N) is 2. The molecule has 0 spiro atoms. The first-order chi connectivity index (χ1) is 21.0. The Morgan fingerprint density at radius 1 is 1.00 bits per heavy atom. The van der Waals surface area contributed by atoms with Crippen LogP contribution in [0.5, 0.6) is 0 Å². The number of amides is 3. The van der Waals surface area contributed by atoms with Crippen LogP contribution in [-0.4, -0.2) is 27.4 Å². The molecule has 6 rings (SSSR count). The van der Waals surface area contributed by atoms with Crippen LogP contribution in [0.2, 0.25) is 0 Å². The summed E-state index contributed by atoms with van der Waals surface area (Å²) in [7, 11) is 0. The Hall–Kier alpha value is -4.34. The summed E-state index contributed by atoms with van der Waals surface area (Å²) in [5, 5.41) is 6.74. The van der Waals surface area contributed by atoms with Gasteiger partial charge in [0.05, 0.1) is 11.3 Å². The third kappa shape index (κ3) is 5.20. The average molecular weight is 623 g/mol. The van der Waals surface area contributed by atoms with E-state index in [4.69, 9.17) is 12.2 Å². The van der Waals surface area contributed by atoms with Crippen LogP contribution in [0.15, 0.2) is 54.1 Å². The van der Waals surface area contributed by atoms with Crippen molar-refractivity contribution in [1.82, 2.24) is 9.88 Å². The van der Waals surface area contributed by atoms with Gasteiger partial charge in [0.1, 0.15) is 10.6 Å². The Morgan fingerprint density at radius 3 is 2.48 bits per heavy atom. The number of carbonyl (C=O) groups is 3. The second kappa shape index (κ2) is 11.6. The Bertz CT molecular complexity index is 1900. The van der Waals surface area contributed by atoms with Crippen molar-refractivity contribution in [3.8, 4) is 5.00 Å². The van der Waals surface area contributed by atoms with Gasteiger partial charge in [0, 0.05) is 22.0 Å².